The van der Waals surface area contributed by atoms with Gasteiger partial charge in [0.1, 0.15) is 12.4 Å². The number of aromatic nitrogens is 2. The standard InChI is InChI=1S/C23H26N2O5/c1-4-20-24-17-11-8-7-10-16(17)23(27)25(20)14-15-29-19-13-9-12-18(28-6-3)22(19)30-21(26)5-2/h7-13H,4-6,14-15H2,1-3H3. The molecule has 0 spiro atoms. The molecule has 0 bridgehead atoms. The second kappa shape index (κ2) is 9.91. The van der Waals surface area contributed by atoms with Crippen LogP contribution in [0.3, 0.4) is 0 Å². The van der Waals surface area contributed by atoms with Gasteiger partial charge in [-0.1, -0.05) is 32.0 Å². The fraction of sp³-hybridized carbons (Fsp3) is 0.348. The molecule has 1 aromatic heterocycles. The zero-order valence-electron chi connectivity index (χ0n) is 17.5. The molecule has 0 saturated heterocycles. The highest BCUT2D eigenvalue weighted by Crippen LogP contribution is 2.37. The molecule has 0 fully saturated rings. The van der Waals surface area contributed by atoms with E-state index in [2.05, 4.69) is 4.98 Å². The Bertz CT molecular complexity index is 1090. The molecule has 0 aliphatic heterocycles. The molecule has 0 N–H and O–H groups in total. The molecule has 2 aromatic carbocycles. The molecule has 158 valence electrons. The Labute approximate surface area is 175 Å². The van der Waals surface area contributed by atoms with Crippen molar-refractivity contribution < 1.29 is 19.0 Å². The van der Waals surface area contributed by atoms with Gasteiger partial charge in [0.25, 0.3) is 5.56 Å². The number of para-hydroxylation sites is 2. The van der Waals surface area contributed by atoms with Crippen LogP contribution in [0.25, 0.3) is 10.9 Å². The lowest BCUT2D eigenvalue weighted by Gasteiger charge is -2.16. The van der Waals surface area contributed by atoms with Crippen LogP contribution in [-0.2, 0) is 17.8 Å². The quantitative estimate of drug-likeness (QED) is 0.395. The summed E-state index contributed by atoms with van der Waals surface area (Å²) in [5.41, 5.74) is 0.594. The molecule has 3 rings (SSSR count). The molecule has 1 heterocycles. The third-order valence-corrected chi connectivity index (χ3v) is 4.58. The summed E-state index contributed by atoms with van der Waals surface area (Å²) in [5.74, 6) is 1.40. The minimum absolute atomic E-state index is 0.0956. The third-order valence-electron chi connectivity index (χ3n) is 4.58. The molecule has 7 heteroatoms. The van der Waals surface area contributed by atoms with E-state index in [0.717, 1.165) is 0 Å². The summed E-state index contributed by atoms with van der Waals surface area (Å²) in [4.78, 5) is 29.4. The largest absolute Gasteiger partial charge is 0.490 e. The number of ether oxygens (including phenoxy) is 3. The van der Waals surface area contributed by atoms with Crippen molar-refractivity contribution in [1.29, 1.82) is 0 Å². The van der Waals surface area contributed by atoms with Crippen LogP contribution in [0.15, 0.2) is 47.3 Å². The number of nitrogens with zero attached hydrogens (tertiary/aromatic N) is 2. The number of carbonyl (C=O) groups is 1. The summed E-state index contributed by atoms with van der Waals surface area (Å²) < 4.78 is 18.5. The Morgan fingerprint density at radius 3 is 2.43 bits per heavy atom. The average Bonchev–Trinajstić information content (AvgIpc) is 2.77. The number of hydrogen-bond donors (Lipinski definition) is 0. The molecule has 0 atom stereocenters. The van der Waals surface area contributed by atoms with Crippen molar-refractivity contribution in [3.05, 3.63) is 58.6 Å². The first-order chi connectivity index (χ1) is 14.6. The van der Waals surface area contributed by atoms with Crippen molar-refractivity contribution in [2.24, 2.45) is 0 Å². The van der Waals surface area contributed by atoms with Crippen LogP contribution in [0.1, 0.15) is 33.0 Å². The Morgan fingerprint density at radius 2 is 1.73 bits per heavy atom. The van der Waals surface area contributed by atoms with E-state index in [1.165, 1.54) is 0 Å². The predicted molar refractivity (Wildman–Crippen MR) is 114 cm³/mol. The molecule has 0 radical (unpaired) electrons. The van der Waals surface area contributed by atoms with Gasteiger partial charge < -0.3 is 14.2 Å². The number of rotatable bonds is 9. The van der Waals surface area contributed by atoms with Crippen molar-refractivity contribution in [3.63, 3.8) is 0 Å². The van der Waals surface area contributed by atoms with Crippen LogP contribution in [0.5, 0.6) is 17.2 Å². The third kappa shape index (κ3) is 4.62. The molecule has 0 saturated carbocycles. The molecular formula is C23H26N2O5. The second-order valence-electron chi connectivity index (χ2n) is 6.55. The molecule has 0 amide bonds. The van der Waals surface area contributed by atoms with Gasteiger partial charge in [0.15, 0.2) is 11.5 Å². The van der Waals surface area contributed by atoms with E-state index >= 15 is 0 Å². The lowest BCUT2D eigenvalue weighted by Crippen LogP contribution is -2.27. The number of benzene rings is 2. The summed E-state index contributed by atoms with van der Waals surface area (Å²) >= 11 is 0. The van der Waals surface area contributed by atoms with E-state index in [0.29, 0.717) is 47.8 Å². The highest BCUT2D eigenvalue weighted by molar-refractivity contribution is 5.77. The van der Waals surface area contributed by atoms with Crippen molar-refractivity contribution in [3.8, 4) is 17.2 Å². The number of fused-ring (bicyclic) bond motifs is 1. The summed E-state index contributed by atoms with van der Waals surface area (Å²) in [7, 11) is 0. The van der Waals surface area contributed by atoms with E-state index in [9.17, 15) is 9.59 Å². The van der Waals surface area contributed by atoms with Crippen molar-refractivity contribution in [2.45, 2.75) is 40.2 Å². The van der Waals surface area contributed by atoms with Gasteiger partial charge in [0, 0.05) is 12.8 Å². The predicted octanol–water partition coefficient (Wildman–Crippen LogP) is 3.75. The van der Waals surface area contributed by atoms with Gasteiger partial charge in [-0.3, -0.25) is 14.2 Å². The van der Waals surface area contributed by atoms with Crippen LogP contribution in [0.2, 0.25) is 0 Å². The number of hydrogen-bond acceptors (Lipinski definition) is 6. The molecule has 0 aliphatic rings. The summed E-state index contributed by atoms with van der Waals surface area (Å²) in [6, 6.07) is 12.5. The first kappa shape index (κ1) is 21.4. The number of esters is 1. The maximum atomic E-state index is 12.9. The lowest BCUT2D eigenvalue weighted by molar-refractivity contribution is -0.134. The number of aryl methyl sites for hydroxylation is 1. The first-order valence-electron chi connectivity index (χ1n) is 10.2. The molecule has 30 heavy (non-hydrogen) atoms. The number of carbonyl (C=O) groups excluding carboxylic acids is 1. The molecule has 3 aromatic rings. The SMILES string of the molecule is CCOc1cccc(OCCn2c(CC)nc3ccccc3c2=O)c1OC(=O)CC. The first-order valence-corrected chi connectivity index (χ1v) is 10.2. The van der Waals surface area contributed by atoms with Gasteiger partial charge in [0.2, 0.25) is 5.75 Å². The van der Waals surface area contributed by atoms with Gasteiger partial charge in [-0.05, 0) is 31.2 Å². The van der Waals surface area contributed by atoms with E-state index in [1.54, 1.807) is 35.8 Å². The summed E-state index contributed by atoms with van der Waals surface area (Å²) in [6.45, 7) is 6.49. The normalized spacial score (nSPS) is 10.8. The fourth-order valence-electron chi connectivity index (χ4n) is 3.13. The highest BCUT2D eigenvalue weighted by atomic mass is 16.6. The summed E-state index contributed by atoms with van der Waals surface area (Å²) in [6.07, 6.45) is 0.858. The Kier molecular flexibility index (Phi) is 7.06. The van der Waals surface area contributed by atoms with E-state index < -0.39 is 0 Å². The zero-order valence-corrected chi connectivity index (χ0v) is 17.5. The molecule has 0 aliphatic carbocycles. The van der Waals surface area contributed by atoms with Gasteiger partial charge in [-0.2, -0.15) is 0 Å². The summed E-state index contributed by atoms with van der Waals surface area (Å²) in [5, 5.41) is 0.575. The van der Waals surface area contributed by atoms with Crippen molar-refractivity contribution in [1.82, 2.24) is 9.55 Å². The van der Waals surface area contributed by atoms with Crippen LogP contribution in [-0.4, -0.2) is 28.7 Å². The van der Waals surface area contributed by atoms with Gasteiger partial charge in [0.05, 0.1) is 24.1 Å². The minimum Gasteiger partial charge on any atom is -0.490 e. The average molecular weight is 410 g/mol. The second-order valence-corrected chi connectivity index (χ2v) is 6.55. The lowest BCUT2D eigenvalue weighted by atomic mass is 10.2. The topological polar surface area (TPSA) is 79.7 Å². The van der Waals surface area contributed by atoms with Gasteiger partial charge >= 0.3 is 5.97 Å². The molecule has 0 unspecified atom stereocenters. The van der Waals surface area contributed by atoms with Crippen LogP contribution >= 0.6 is 0 Å². The van der Waals surface area contributed by atoms with E-state index in [-0.39, 0.29) is 30.3 Å². The highest BCUT2D eigenvalue weighted by Gasteiger charge is 2.16. The van der Waals surface area contributed by atoms with Crippen molar-refractivity contribution >= 4 is 16.9 Å². The molecular weight excluding hydrogens is 384 g/mol. The smallest absolute Gasteiger partial charge is 0.311 e. The van der Waals surface area contributed by atoms with Gasteiger partial charge in [-0.25, -0.2) is 4.98 Å². The van der Waals surface area contributed by atoms with Gasteiger partial charge in [-0.15, -0.1) is 0 Å². The van der Waals surface area contributed by atoms with Crippen LogP contribution in [0, 0.1) is 0 Å². The van der Waals surface area contributed by atoms with E-state index in [1.807, 2.05) is 32.0 Å². The fourth-order valence-corrected chi connectivity index (χ4v) is 3.13. The zero-order chi connectivity index (χ0) is 21.5. The molecule has 7 nitrogen and oxygen atoms in total. The van der Waals surface area contributed by atoms with Crippen LogP contribution in [0.4, 0.5) is 0 Å². The Balaban J connectivity index is 1.85. The van der Waals surface area contributed by atoms with Crippen molar-refractivity contribution in [2.75, 3.05) is 13.2 Å². The maximum Gasteiger partial charge on any atom is 0.311 e. The Hall–Kier alpha value is -3.35. The maximum absolute atomic E-state index is 12.9. The minimum atomic E-state index is -0.379. The Morgan fingerprint density at radius 1 is 1.00 bits per heavy atom. The van der Waals surface area contributed by atoms with Crippen LogP contribution < -0.4 is 19.8 Å². The monoisotopic (exact) mass is 410 g/mol. The van der Waals surface area contributed by atoms with E-state index in [4.69, 9.17) is 14.2 Å².